The lowest BCUT2D eigenvalue weighted by molar-refractivity contribution is -0.312. The van der Waals surface area contributed by atoms with Gasteiger partial charge in [-0.15, -0.1) is 0 Å². The highest BCUT2D eigenvalue weighted by Crippen LogP contribution is 1.93. The molecule has 0 saturated carbocycles. The zero-order valence-corrected chi connectivity index (χ0v) is 6.83. The Kier molecular flexibility index (Phi) is 4.21. The third-order valence-corrected chi connectivity index (χ3v) is 1.08. The van der Waals surface area contributed by atoms with Crippen LogP contribution in [-0.2, 0) is 9.59 Å². The molecule has 0 aliphatic heterocycles. The zero-order chi connectivity index (χ0) is 8.85. The average molecular weight is 219 g/mol. The Bertz CT molecular complexity index is 213. The summed E-state index contributed by atoms with van der Waals surface area (Å²) in [4.78, 5) is 21.3. The van der Waals surface area contributed by atoms with E-state index >= 15 is 0 Å². The van der Waals surface area contributed by atoms with Crippen LogP contribution >= 0.6 is 15.9 Å². The van der Waals surface area contributed by atoms with E-state index in [0.29, 0.717) is 0 Å². The van der Waals surface area contributed by atoms with Crippen LogP contribution in [0.15, 0.2) is 22.7 Å². The Hall–Kier alpha value is -1.10. The van der Waals surface area contributed by atoms with Crippen molar-refractivity contribution < 1.29 is 19.8 Å². The van der Waals surface area contributed by atoms with Gasteiger partial charge in [-0.25, -0.2) is 0 Å². The van der Waals surface area contributed by atoms with Crippen molar-refractivity contribution in [3.8, 4) is 0 Å². The van der Waals surface area contributed by atoms with Crippen LogP contribution in [0.2, 0.25) is 0 Å². The van der Waals surface area contributed by atoms with Crippen molar-refractivity contribution >= 4 is 27.9 Å². The summed E-state index contributed by atoms with van der Waals surface area (Å²) in [6.45, 7) is 0. The second kappa shape index (κ2) is 4.68. The normalized spacial score (nSPS) is 9.55. The van der Waals surface area contributed by atoms with E-state index in [2.05, 4.69) is 15.9 Å². The molecule has 60 valence electrons. The maximum absolute atomic E-state index is 10.00. The molecule has 0 rings (SSSR count). The summed E-state index contributed by atoms with van der Waals surface area (Å²) in [7, 11) is 0. The Labute approximate surface area is 71.0 Å². The maximum atomic E-state index is 10.00. The van der Waals surface area contributed by atoms with Crippen LogP contribution in [0, 0.1) is 0 Å². The minimum atomic E-state index is -1.77. The van der Waals surface area contributed by atoms with Crippen LogP contribution in [0.5, 0.6) is 0 Å². The maximum Gasteiger partial charge on any atom is 0.0733 e. The molecule has 0 bridgehead atoms. The number of rotatable bonds is 3. The number of carbonyl (C=O) groups excluding carboxylic acids is 2. The number of halogens is 1. The number of hydrogen-bond donors (Lipinski definition) is 0. The fourth-order valence-corrected chi connectivity index (χ4v) is 0.505. The SMILES string of the molecule is O=C([O-])C(=C/C=C/Br)C(=O)[O-]. The van der Waals surface area contributed by atoms with Gasteiger partial charge in [-0.1, -0.05) is 28.1 Å². The fourth-order valence-electron chi connectivity index (χ4n) is 0.352. The minimum Gasteiger partial charge on any atom is -0.545 e. The van der Waals surface area contributed by atoms with E-state index in [1.165, 1.54) is 11.1 Å². The van der Waals surface area contributed by atoms with Gasteiger partial charge in [0, 0.05) is 5.57 Å². The van der Waals surface area contributed by atoms with Gasteiger partial charge in [0.15, 0.2) is 0 Å². The highest BCUT2D eigenvalue weighted by atomic mass is 79.9. The predicted molar refractivity (Wildman–Crippen MR) is 36.2 cm³/mol. The highest BCUT2D eigenvalue weighted by Gasteiger charge is 1.95. The Morgan fingerprint density at radius 1 is 1.18 bits per heavy atom. The highest BCUT2D eigenvalue weighted by molar-refractivity contribution is 9.11. The number of carbonyl (C=O) groups is 2. The van der Waals surface area contributed by atoms with Gasteiger partial charge in [0.1, 0.15) is 0 Å². The average Bonchev–Trinajstić information content (AvgIpc) is 1.87. The van der Waals surface area contributed by atoms with Gasteiger partial charge in [0.2, 0.25) is 0 Å². The van der Waals surface area contributed by atoms with Crippen LogP contribution in [0.4, 0.5) is 0 Å². The molecule has 0 N–H and O–H groups in total. The molecule has 0 aliphatic carbocycles. The third kappa shape index (κ3) is 3.57. The summed E-state index contributed by atoms with van der Waals surface area (Å²) in [6, 6.07) is 0. The van der Waals surface area contributed by atoms with Crippen molar-refractivity contribution in [3.05, 3.63) is 22.7 Å². The summed E-state index contributed by atoms with van der Waals surface area (Å²) in [5.74, 6) is -3.54. The van der Waals surface area contributed by atoms with Crippen LogP contribution in [0.25, 0.3) is 0 Å². The van der Waals surface area contributed by atoms with E-state index in [-0.39, 0.29) is 0 Å². The molecule has 0 aromatic rings. The smallest absolute Gasteiger partial charge is 0.0733 e. The summed E-state index contributed by atoms with van der Waals surface area (Å²) in [5.41, 5.74) is -0.888. The standard InChI is InChI=1S/C6H5BrO4/c7-3-1-2-4(5(8)9)6(10)11/h1-3H,(H,8,9)(H,10,11)/p-2/b3-1+. The molecule has 0 unspecified atom stereocenters. The Morgan fingerprint density at radius 2 is 1.64 bits per heavy atom. The lowest BCUT2D eigenvalue weighted by atomic mass is 10.2. The first-order valence-corrected chi connectivity index (χ1v) is 3.41. The van der Waals surface area contributed by atoms with E-state index in [0.717, 1.165) is 6.08 Å². The first-order valence-electron chi connectivity index (χ1n) is 2.49. The molecule has 4 nitrogen and oxygen atoms in total. The van der Waals surface area contributed by atoms with Crippen molar-refractivity contribution in [2.75, 3.05) is 0 Å². The largest absolute Gasteiger partial charge is 0.545 e. The molecular formula is C6H3BrO4-2. The molecule has 0 radical (unpaired) electrons. The van der Waals surface area contributed by atoms with Crippen molar-refractivity contribution in [3.63, 3.8) is 0 Å². The zero-order valence-electron chi connectivity index (χ0n) is 5.24. The second-order valence-corrected chi connectivity index (χ2v) is 2.00. The molecule has 0 spiro atoms. The summed E-state index contributed by atoms with van der Waals surface area (Å²) in [6.07, 6.45) is 2.06. The van der Waals surface area contributed by atoms with Crippen LogP contribution in [0.3, 0.4) is 0 Å². The van der Waals surface area contributed by atoms with Crippen molar-refractivity contribution in [1.82, 2.24) is 0 Å². The van der Waals surface area contributed by atoms with Crippen molar-refractivity contribution in [1.29, 1.82) is 0 Å². The monoisotopic (exact) mass is 218 g/mol. The third-order valence-electron chi connectivity index (χ3n) is 0.775. The molecule has 0 saturated heterocycles. The quantitative estimate of drug-likeness (QED) is 0.246. The first kappa shape index (κ1) is 9.90. The molecule has 5 heteroatoms. The Morgan fingerprint density at radius 3 is 1.91 bits per heavy atom. The van der Waals surface area contributed by atoms with Gasteiger partial charge in [-0.3, -0.25) is 0 Å². The summed E-state index contributed by atoms with van der Waals surface area (Å²) in [5, 5.41) is 20.0. The van der Waals surface area contributed by atoms with Gasteiger partial charge in [0.05, 0.1) is 11.9 Å². The van der Waals surface area contributed by atoms with E-state index in [1.54, 1.807) is 0 Å². The van der Waals surface area contributed by atoms with Gasteiger partial charge < -0.3 is 19.8 Å². The number of carboxylic acid groups (broad SMARTS) is 2. The summed E-state index contributed by atoms with van der Waals surface area (Å²) >= 11 is 2.82. The lowest BCUT2D eigenvalue weighted by Gasteiger charge is -2.06. The van der Waals surface area contributed by atoms with E-state index < -0.39 is 17.5 Å². The van der Waals surface area contributed by atoms with Gasteiger partial charge in [0.25, 0.3) is 0 Å². The predicted octanol–water partition coefficient (Wildman–Crippen LogP) is -1.68. The molecule has 0 aromatic carbocycles. The van der Waals surface area contributed by atoms with Crippen LogP contribution in [-0.4, -0.2) is 11.9 Å². The molecule has 0 aromatic heterocycles. The summed E-state index contributed by atoms with van der Waals surface area (Å²) < 4.78 is 0. The van der Waals surface area contributed by atoms with E-state index in [1.807, 2.05) is 0 Å². The fraction of sp³-hybridized carbons (Fsp3) is 0. The molecule has 11 heavy (non-hydrogen) atoms. The molecule has 0 atom stereocenters. The van der Waals surface area contributed by atoms with E-state index in [9.17, 15) is 19.8 Å². The van der Waals surface area contributed by atoms with Crippen molar-refractivity contribution in [2.45, 2.75) is 0 Å². The number of aliphatic carboxylic acids is 2. The Balaban J connectivity index is 4.60. The molecular weight excluding hydrogens is 216 g/mol. The second-order valence-electron chi connectivity index (χ2n) is 1.47. The number of hydrogen-bond acceptors (Lipinski definition) is 4. The molecule has 0 fully saturated rings. The molecule has 0 aliphatic rings. The van der Waals surface area contributed by atoms with Gasteiger partial charge >= 0.3 is 0 Å². The minimum absolute atomic E-state index is 0.861. The van der Waals surface area contributed by atoms with Crippen LogP contribution < -0.4 is 10.2 Å². The first-order chi connectivity index (χ1) is 5.09. The molecule has 0 amide bonds. The topological polar surface area (TPSA) is 80.3 Å². The van der Waals surface area contributed by atoms with Gasteiger partial charge in [-0.2, -0.15) is 0 Å². The number of allylic oxidation sites excluding steroid dienone is 2. The van der Waals surface area contributed by atoms with Crippen molar-refractivity contribution in [2.24, 2.45) is 0 Å². The van der Waals surface area contributed by atoms with Crippen LogP contribution in [0.1, 0.15) is 0 Å². The molecule has 0 heterocycles. The van der Waals surface area contributed by atoms with E-state index in [4.69, 9.17) is 0 Å². The number of carboxylic acids is 2. The van der Waals surface area contributed by atoms with Gasteiger partial charge in [-0.05, 0) is 4.99 Å². The lowest BCUT2D eigenvalue weighted by Crippen LogP contribution is -2.36.